The third-order valence-electron chi connectivity index (χ3n) is 4.32. The minimum atomic E-state index is -0.157. The Balaban J connectivity index is 1.78. The minimum Gasteiger partial charge on any atom is -0.375 e. The van der Waals surface area contributed by atoms with Gasteiger partial charge in [0.25, 0.3) is 5.91 Å². The van der Waals surface area contributed by atoms with E-state index in [2.05, 4.69) is 5.32 Å². The van der Waals surface area contributed by atoms with Crippen molar-refractivity contribution in [3.05, 3.63) is 64.7 Å². The standard InChI is InChI=1S/C20H22N2O3/c1-14-4-3-5-17(10-14)20(24)22-9-8-16-7-6-15(11-18(16)22)12-21-19(23)13-25-2/h3-7,10-11H,8-9,12-13H2,1-2H3,(H,21,23). The molecule has 3 rings (SSSR count). The molecule has 0 atom stereocenters. The third kappa shape index (κ3) is 3.88. The Morgan fingerprint density at radius 2 is 2.04 bits per heavy atom. The molecule has 0 spiro atoms. The Labute approximate surface area is 147 Å². The first-order valence-corrected chi connectivity index (χ1v) is 8.34. The van der Waals surface area contributed by atoms with Gasteiger partial charge in [-0.05, 0) is 42.7 Å². The molecule has 5 nitrogen and oxygen atoms in total. The van der Waals surface area contributed by atoms with Crippen LogP contribution in [0.5, 0.6) is 0 Å². The van der Waals surface area contributed by atoms with E-state index in [-0.39, 0.29) is 18.4 Å². The molecule has 1 aliphatic heterocycles. The second-order valence-electron chi connectivity index (χ2n) is 6.25. The van der Waals surface area contributed by atoms with E-state index >= 15 is 0 Å². The molecule has 25 heavy (non-hydrogen) atoms. The first kappa shape index (κ1) is 17.2. The van der Waals surface area contributed by atoms with Crippen molar-refractivity contribution in [2.45, 2.75) is 19.9 Å². The summed E-state index contributed by atoms with van der Waals surface area (Å²) >= 11 is 0. The molecule has 1 heterocycles. The van der Waals surface area contributed by atoms with Gasteiger partial charge in [-0.15, -0.1) is 0 Å². The van der Waals surface area contributed by atoms with Gasteiger partial charge in [0.05, 0.1) is 0 Å². The van der Waals surface area contributed by atoms with E-state index in [0.717, 1.165) is 28.8 Å². The summed E-state index contributed by atoms with van der Waals surface area (Å²) in [6.45, 7) is 3.13. The van der Waals surface area contributed by atoms with Gasteiger partial charge in [-0.2, -0.15) is 0 Å². The molecular weight excluding hydrogens is 316 g/mol. The Hall–Kier alpha value is -2.66. The second kappa shape index (κ2) is 7.49. The largest absolute Gasteiger partial charge is 0.375 e. The summed E-state index contributed by atoms with van der Waals surface area (Å²) in [6.07, 6.45) is 0.850. The van der Waals surface area contributed by atoms with Crippen molar-refractivity contribution in [1.82, 2.24) is 5.32 Å². The van der Waals surface area contributed by atoms with Gasteiger partial charge in [-0.25, -0.2) is 0 Å². The Kier molecular flexibility index (Phi) is 5.14. The van der Waals surface area contributed by atoms with Crippen LogP contribution in [-0.2, 0) is 22.5 Å². The predicted molar refractivity (Wildman–Crippen MR) is 96.7 cm³/mol. The number of carbonyl (C=O) groups is 2. The number of carbonyl (C=O) groups excluding carboxylic acids is 2. The summed E-state index contributed by atoms with van der Waals surface area (Å²) in [4.78, 5) is 26.2. The van der Waals surface area contributed by atoms with Crippen LogP contribution in [0.4, 0.5) is 5.69 Å². The number of aryl methyl sites for hydroxylation is 1. The number of methoxy groups -OCH3 is 1. The van der Waals surface area contributed by atoms with Gasteiger partial charge in [0.2, 0.25) is 5.91 Å². The molecular formula is C20H22N2O3. The summed E-state index contributed by atoms with van der Waals surface area (Å²) in [6, 6.07) is 13.7. The number of fused-ring (bicyclic) bond motifs is 1. The Bertz CT molecular complexity index is 801. The topological polar surface area (TPSA) is 58.6 Å². The lowest BCUT2D eigenvalue weighted by atomic mass is 10.1. The highest BCUT2D eigenvalue weighted by atomic mass is 16.5. The van der Waals surface area contributed by atoms with Crippen molar-refractivity contribution in [2.75, 3.05) is 25.2 Å². The number of nitrogens with zero attached hydrogens (tertiary/aromatic N) is 1. The smallest absolute Gasteiger partial charge is 0.258 e. The van der Waals surface area contributed by atoms with E-state index in [1.165, 1.54) is 7.11 Å². The fraction of sp³-hybridized carbons (Fsp3) is 0.300. The number of ether oxygens (including phenoxy) is 1. The molecule has 130 valence electrons. The van der Waals surface area contributed by atoms with E-state index in [1.807, 2.05) is 54.3 Å². The number of hydrogen-bond donors (Lipinski definition) is 1. The fourth-order valence-electron chi connectivity index (χ4n) is 3.06. The van der Waals surface area contributed by atoms with Crippen molar-refractivity contribution in [3.8, 4) is 0 Å². The molecule has 5 heteroatoms. The summed E-state index contributed by atoms with van der Waals surface area (Å²) in [5.41, 5.74) is 4.83. The third-order valence-corrected chi connectivity index (χ3v) is 4.32. The molecule has 0 fully saturated rings. The van der Waals surface area contributed by atoms with Gasteiger partial charge >= 0.3 is 0 Å². The maximum absolute atomic E-state index is 12.9. The van der Waals surface area contributed by atoms with Crippen molar-refractivity contribution in [1.29, 1.82) is 0 Å². The lowest BCUT2D eigenvalue weighted by Gasteiger charge is -2.18. The van der Waals surface area contributed by atoms with Crippen LogP contribution in [0.3, 0.4) is 0 Å². The first-order valence-electron chi connectivity index (χ1n) is 8.34. The molecule has 0 saturated heterocycles. The lowest BCUT2D eigenvalue weighted by molar-refractivity contribution is -0.124. The Morgan fingerprint density at radius 1 is 1.20 bits per heavy atom. The summed E-state index contributed by atoms with van der Waals surface area (Å²) < 4.78 is 4.81. The molecule has 0 bridgehead atoms. The van der Waals surface area contributed by atoms with E-state index in [4.69, 9.17) is 4.74 Å². The number of nitrogens with one attached hydrogen (secondary N) is 1. The van der Waals surface area contributed by atoms with Crippen LogP contribution in [0.25, 0.3) is 0 Å². The monoisotopic (exact) mass is 338 g/mol. The molecule has 0 unspecified atom stereocenters. The zero-order valence-corrected chi connectivity index (χ0v) is 14.5. The maximum Gasteiger partial charge on any atom is 0.258 e. The van der Waals surface area contributed by atoms with Crippen molar-refractivity contribution in [2.24, 2.45) is 0 Å². The number of hydrogen-bond acceptors (Lipinski definition) is 3. The average molecular weight is 338 g/mol. The Morgan fingerprint density at radius 3 is 2.80 bits per heavy atom. The molecule has 2 amide bonds. The molecule has 0 aromatic heterocycles. The van der Waals surface area contributed by atoms with E-state index in [0.29, 0.717) is 18.7 Å². The molecule has 1 aliphatic rings. The number of anilines is 1. The van der Waals surface area contributed by atoms with E-state index in [1.54, 1.807) is 0 Å². The lowest BCUT2D eigenvalue weighted by Crippen LogP contribution is -2.29. The highest BCUT2D eigenvalue weighted by Gasteiger charge is 2.25. The normalized spacial score (nSPS) is 12.8. The van der Waals surface area contributed by atoms with Gasteiger partial charge in [0.15, 0.2) is 0 Å². The van der Waals surface area contributed by atoms with Crippen molar-refractivity contribution >= 4 is 17.5 Å². The van der Waals surface area contributed by atoms with Gasteiger partial charge in [-0.3, -0.25) is 9.59 Å². The van der Waals surface area contributed by atoms with Gasteiger partial charge < -0.3 is 15.0 Å². The summed E-state index contributed by atoms with van der Waals surface area (Å²) in [5, 5.41) is 2.81. The van der Waals surface area contributed by atoms with Crippen molar-refractivity contribution < 1.29 is 14.3 Å². The molecule has 2 aromatic rings. The molecule has 0 saturated carbocycles. The first-order chi connectivity index (χ1) is 12.1. The van der Waals surface area contributed by atoms with Gasteiger partial charge in [0, 0.05) is 31.5 Å². The van der Waals surface area contributed by atoms with Crippen LogP contribution < -0.4 is 10.2 Å². The van der Waals surface area contributed by atoms with Crippen LogP contribution in [-0.4, -0.2) is 32.1 Å². The molecule has 0 radical (unpaired) electrons. The minimum absolute atomic E-state index is 0.0167. The zero-order chi connectivity index (χ0) is 17.8. The fourth-order valence-corrected chi connectivity index (χ4v) is 3.06. The second-order valence-corrected chi connectivity index (χ2v) is 6.25. The molecule has 1 N–H and O–H groups in total. The predicted octanol–water partition coefficient (Wildman–Crippen LogP) is 2.46. The quantitative estimate of drug-likeness (QED) is 0.911. The number of amides is 2. The maximum atomic E-state index is 12.9. The van der Waals surface area contributed by atoms with Crippen LogP contribution in [0.15, 0.2) is 42.5 Å². The van der Waals surface area contributed by atoms with Crippen LogP contribution in [0.2, 0.25) is 0 Å². The number of benzene rings is 2. The van der Waals surface area contributed by atoms with E-state index in [9.17, 15) is 9.59 Å². The summed E-state index contributed by atoms with van der Waals surface area (Å²) in [7, 11) is 1.49. The average Bonchev–Trinajstić information content (AvgIpc) is 3.03. The highest BCUT2D eigenvalue weighted by molar-refractivity contribution is 6.07. The van der Waals surface area contributed by atoms with Gasteiger partial charge in [-0.1, -0.05) is 29.8 Å². The van der Waals surface area contributed by atoms with Crippen LogP contribution in [0.1, 0.15) is 27.0 Å². The van der Waals surface area contributed by atoms with Gasteiger partial charge in [0.1, 0.15) is 6.61 Å². The van der Waals surface area contributed by atoms with Crippen LogP contribution >= 0.6 is 0 Å². The molecule has 0 aliphatic carbocycles. The molecule has 2 aromatic carbocycles. The van der Waals surface area contributed by atoms with E-state index < -0.39 is 0 Å². The summed E-state index contributed by atoms with van der Waals surface area (Å²) in [5.74, 6) is -0.140. The van der Waals surface area contributed by atoms with Crippen LogP contribution in [0, 0.1) is 6.92 Å². The SMILES string of the molecule is COCC(=O)NCc1ccc2c(c1)N(C(=O)c1cccc(C)c1)CC2. The zero-order valence-electron chi connectivity index (χ0n) is 14.5. The number of rotatable bonds is 5. The highest BCUT2D eigenvalue weighted by Crippen LogP contribution is 2.30. The van der Waals surface area contributed by atoms with Crippen molar-refractivity contribution in [3.63, 3.8) is 0 Å².